The lowest BCUT2D eigenvalue weighted by atomic mass is 10.1. The summed E-state index contributed by atoms with van der Waals surface area (Å²) in [5.74, 6) is 2.26. The van der Waals surface area contributed by atoms with Gasteiger partial charge in [-0.1, -0.05) is 24.3 Å². The van der Waals surface area contributed by atoms with Crippen molar-refractivity contribution < 1.29 is 14.3 Å². The number of thiophene rings is 1. The van der Waals surface area contributed by atoms with E-state index >= 15 is 0 Å². The molecule has 0 aliphatic carbocycles. The number of nitrogens with two attached hydrogens (primary N) is 1. The fourth-order valence-corrected chi connectivity index (χ4v) is 4.21. The van der Waals surface area contributed by atoms with Crippen LogP contribution < -0.4 is 20.5 Å². The van der Waals surface area contributed by atoms with Crippen molar-refractivity contribution in [2.75, 3.05) is 11.1 Å². The number of carbonyl (C=O) groups is 1. The first-order valence-corrected chi connectivity index (χ1v) is 10.9. The second kappa shape index (κ2) is 8.97. The van der Waals surface area contributed by atoms with Crippen LogP contribution in [0.25, 0.3) is 10.1 Å². The molecule has 0 saturated heterocycles. The summed E-state index contributed by atoms with van der Waals surface area (Å²) in [6, 6.07) is 23.9. The summed E-state index contributed by atoms with van der Waals surface area (Å²) < 4.78 is 12.5. The Balaban J connectivity index is 1.32. The highest BCUT2D eigenvalue weighted by atomic mass is 32.1. The Labute approximate surface area is 193 Å². The topological polar surface area (TPSA) is 99.4 Å². The molecule has 3 aromatic carbocycles. The molecule has 2 heterocycles. The summed E-state index contributed by atoms with van der Waals surface area (Å²) >= 11 is 1.46. The number of rotatable bonds is 6. The number of amides is 1. The maximum absolute atomic E-state index is 13.0. The third-order valence-corrected chi connectivity index (χ3v) is 5.68. The number of ether oxygens (including phenoxy) is 2. The van der Waals surface area contributed by atoms with Crippen LogP contribution in [0, 0.1) is 0 Å². The first kappa shape index (κ1) is 20.5. The molecule has 162 valence electrons. The number of hydrogen-bond acceptors (Lipinski definition) is 7. The fourth-order valence-electron chi connectivity index (χ4n) is 3.24. The van der Waals surface area contributed by atoms with Crippen molar-refractivity contribution in [1.29, 1.82) is 0 Å². The highest BCUT2D eigenvalue weighted by Gasteiger charge is 2.14. The average molecular weight is 455 g/mol. The number of anilines is 2. The van der Waals surface area contributed by atoms with Crippen molar-refractivity contribution in [3.8, 4) is 23.1 Å². The summed E-state index contributed by atoms with van der Waals surface area (Å²) in [7, 11) is 0. The predicted molar refractivity (Wildman–Crippen MR) is 129 cm³/mol. The molecule has 3 N–H and O–H groups in total. The Morgan fingerprint density at radius 2 is 1.70 bits per heavy atom. The van der Waals surface area contributed by atoms with E-state index in [1.54, 1.807) is 18.2 Å². The minimum Gasteiger partial charge on any atom is -0.457 e. The molecule has 0 spiro atoms. The summed E-state index contributed by atoms with van der Waals surface area (Å²) in [4.78, 5) is 20.9. The number of nitrogens with zero attached hydrogens (tertiary/aromatic N) is 2. The summed E-state index contributed by atoms with van der Waals surface area (Å²) in [5.41, 5.74) is 6.83. The van der Waals surface area contributed by atoms with Gasteiger partial charge in [-0.15, -0.1) is 11.3 Å². The van der Waals surface area contributed by atoms with Gasteiger partial charge in [-0.2, -0.15) is 4.98 Å². The Bertz CT molecular complexity index is 1440. The quantitative estimate of drug-likeness (QED) is 0.321. The van der Waals surface area contributed by atoms with E-state index < -0.39 is 0 Å². The van der Waals surface area contributed by atoms with Crippen molar-refractivity contribution in [2.45, 2.75) is 0 Å². The molecule has 0 aliphatic rings. The smallest absolute Gasteiger partial charge is 0.257 e. The van der Waals surface area contributed by atoms with Gasteiger partial charge in [0.2, 0.25) is 11.8 Å². The van der Waals surface area contributed by atoms with Crippen LogP contribution in [0.3, 0.4) is 0 Å². The molecule has 5 rings (SSSR count). The molecule has 2 aromatic heterocycles. The van der Waals surface area contributed by atoms with E-state index in [1.165, 1.54) is 17.5 Å². The zero-order valence-electron chi connectivity index (χ0n) is 17.3. The SMILES string of the molecule is Nc1nccc(Oc2ccc3c(C(=O)Nc4cccc(Oc5ccccc5)c4)csc3c2)n1. The van der Waals surface area contributed by atoms with E-state index in [9.17, 15) is 4.79 Å². The van der Waals surface area contributed by atoms with E-state index in [4.69, 9.17) is 15.2 Å². The van der Waals surface area contributed by atoms with Gasteiger partial charge < -0.3 is 20.5 Å². The lowest BCUT2D eigenvalue weighted by Gasteiger charge is -2.09. The molecular formula is C25H18N4O3S. The van der Waals surface area contributed by atoms with E-state index in [0.717, 1.165) is 15.8 Å². The normalized spacial score (nSPS) is 10.7. The lowest BCUT2D eigenvalue weighted by molar-refractivity contribution is 0.102. The monoisotopic (exact) mass is 454 g/mol. The van der Waals surface area contributed by atoms with Gasteiger partial charge in [-0.3, -0.25) is 4.79 Å². The van der Waals surface area contributed by atoms with E-state index in [-0.39, 0.29) is 11.9 Å². The summed E-state index contributed by atoms with van der Waals surface area (Å²) in [5, 5.41) is 5.62. The van der Waals surface area contributed by atoms with Crippen LogP contribution in [-0.4, -0.2) is 15.9 Å². The number of benzene rings is 3. The highest BCUT2D eigenvalue weighted by molar-refractivity contribution is 7.17. The third kappa shape index (κ3) is 4.76. The van der Waals surface area contributed by atoms with Crippen molar-refractivity contribution in [2.24, 2.45) is 0 Å². The maximum Gasteiger partial charge on any atom is 0.257 e. The van der Waals surface area contributed by atoms with Crippen LogP contribution in [-0.2, 0) is 0 Å². The fraction of sp³-hybridized carbons (Fsp3) is 0. The molecule has 0 bridgehead atoms. The number of nitrogens with one attached hydrogen (secondary N) is 1. The largest absolute Gasteiger partial charge is 0.457 e. The van der Waals surface area contributed by atoms with Gasteiger partial charge in [0.05, 0.1) is 5.56 Å². The minimum atomic E-state index is -0.199. The molecule has 0 radical (unpaired) electrons. The maximum atomic E-state index is 13.0. The van der Waals surface area contributed by atoms with E-state index in [1.807, 2.05) is 66.0 Å². The molecule has 33 heavy (non-hydrogen) atoms. The molecule has 1 amide bonds. The molecule has 0 unspecified atom stereocenters. The van der Waals surface area contributed by atoms with Gasteiger partial charge >= 0.3 is 0 Å². The van der Waals surface area contributed by atoms with Crippen LogP contribution in [0.2, 0.25) is 0 Å². The molecule has 0 fully saturated rings. The molecule has 5 aromatic rings. The minimum absolute atomic E-state index is 0.141. The van der Waals surface area contributed by atoms with Gasteiger partial charge in [0.1, 0.15) is 17.2 Å². The number of nitrogen functional groups attached to an aromatic ring is 1. The van der Waals surface area contributed by atoms with Gasteiger partial charge in [0, 0.05) is 39.5 Å². The number of hydrogen-bond donors (Lipinski definition) is 2. The van der Waals surface area contributed by atoms with Gasteiger partial charge in [-0.25, -0.2) is 4.98 Å². The van der Waals surface area contributed by atoms with Crippen LogP contribution >= 0.6 is 11.3 Å². The number of aromatic nitrogens is 2. The zero-order valence-corrected chi connectivity index (χ0v) is 18.1. The second-order valence-corrected chi connectivity index (χ2v) is 7.97. The van der Waals surface area contributed by atoms with E-state index in [0.29, 0.717) is 28.6 Å². The Morgan fingerprint density at radius 1 is 0.879 bits per heavy atom. The third-order valence-electron chi connectivity index (χ3n) is 4.73. The Kier molecular flexibility index (Phi) is 5.57. The summed E-state index contributed by atoms with van der Waals surface area (Å²) in [6.07, 6.45) is 1.53. The molecule has 8 heteroatoms. The predicted octanol–water partition coefficient (Wildman–Crippen LogP) is 6.11. The first-order valence-electron chi connectivity index (χ1n) is 10.1. The lowest BCUT2D eigenvalue weighted by Crippen LogP contribution is -2.11. The van der Waals surface area contributed by atoms with Crippen molar-refractivity contribution in [1.82, 2.24) is 9.97 Å². The van der Waals surface area contributed by atoms with Crippen molar-refractivity contribution in [3.63, 3.8) is 0 Å². The number of carbonyl (C=O) groups excluding carboxylic acids is 1. The summed E-state index contributed by atoms with van der Waals surface area (Å²) in [6.45, 7) is 0. The molecule has 0 aliphatic heterocycles. The van der Waals surface area contributed by atoms with Gasteiger partial charge in [0.15, 0.2) is 0 Å². The number of fused-ring (bicyclic) bond motifs is 1. The molecule has 0 atom stereocenters. The van der Waals surface area contributed by atoms with E-state index in [2.05, 4.69) is 15.3 Å². The van der Waals surface area contributed by atoms with Crippen molar-refractivity contribution >= 4 is 39.0 Å². The van der Waals surface area contributed by atoms with Gasteiger partial charge in [-0.05, 0) is 42.5 Å². The average Bonchev–Trinajstić information content (AvgIpc) is 3.23. The first-order chi connectivity index (χ1) is 16.1. The standard InChI is InChI=1S/C25H18N4O3S/c26-25-27-12-11-23(29-25)32-19-9-10-20-21(15-33-22(20)14-19)24(30)28-16-5-4-8-18(13-16)31-17-6-2-1-3-7-17/h1-15H,(H,28,30)(H2,26,27,29). The zero-order chi connectivity index (χ0) is 22.6. The van der Waals surface area contributed by atoms with Crippen LogP contribution in [0.1, 0.15) is 10.4 Å². The van der Waals surface area contributed by atoms with Gasteiger partial charge in [0.25, 0.3) is 5.91 Å². The second-order valence-electron chi connectivity index (χ2n) is 7.06. The van der Waals surface area contributed by atoms with Crippen LogP contribution in [0.5, 0.6) is 23.1 Å². The van der Waals surface area contributed by atoms with Crippen molar-refractivity contribution in [3.05, 3.63) is 96.0 Å². The Hall–Kier alpha value is -4.43. The molecular weight excluding hydrogens is 436 g/mol. The molecule has 7 nitrogen and oxygen atoms in total. The van der Waals surface area contributed by atoms with Crippen LogP contribution in [0.15, 0.2) is 90.4 Å². The Morgan fingerprint density at radius 3 is 2.55 bits per heavy atom. The van der Waals surface area contributed by atoms with Crippen LogP contribution in [0.4, 0.5) is 11.6 Å². The highest BCUT2D eigenvalue weighted by Crippen LogP contribution is 2.32. The number of para-hydroxylation sites is 1. The molecule has 0 saturated carbocycles.